The molecule has 2 unspecified atom stereocenters. The molecule has 0 bridgehead atoms. The van der Waals surface area contributed by atoms with Gasteiger partial charge in [-0.3, -0.25) is 4.21 Å². The number of hydrogen-bond donors (Lipinski definition) is 1. The number of benzene rings is 1. The quantitative estimate of drug-likeness (QED) is 0.804. The van der Waals surface area contributed by atoms with Crippen LogP contribution >= 0.6 is 0 Å². The maximum atomic E-state index is 11.0. The molecule has 0 amide bonds. The summed E-state index contributed by atoms with van der Waals surface area (Å²) in [4.78, 5) is 0. The average Bonchev–Trinajstić information content (AvgIpc) is 2.72. The Labute approximate surface area is 116 Å². The van der Waals surface area contributed by atoms with Gasteiger partial charge in [-0.2, -0.15) is 0 Å². The molecule has 1 aliphatic rings. The van der Waals surface area contributed by atoms with Crippen LogP contribution in [0.15, 0.2) is 12.1 Å². The first-order chi connectivity index (χ1) is 9.10. The van der Waals surface area contributed by atoms with Crippen molar-refractivity contribution >= 4 is 10.8 Å². The van der Waals surface area contributed by atoms with E-state index in [4.69, 9.17) is 9.47 Å². The summed E-state index contributed by atoms with van der Waals surface area (Å²) in [5, 5.41) is 3.28. The summed E-state index contributed by atoms with van der Waals surface area (Å²) in [7, 11) is 0.933. The Balaban J connectivity index is 2.03. The molecule has 5 heteroatoms. The number of hydrogen-bond acceptors (Lipinski definition) is 4. The van der Waals surface area contributed by atoms with Crippen LogP contribution in [0, 0.1) is 0 Å². The lowest BCUT2D eigenvalue weighted by Gasteiger charge is -2.11. The van der Waals surface area contributed by atoms with Gasteiger partial charge >= 0.3 is 0 Å². The molecule has 2 rings (SSSR count). The molecule has 19 heavy (non-hydrogen) atoms. The zero-order valence-corrected chi connectivity index (χ0v) is 12.5. The molecule has 0 spiro atoms. The summed E-state index contributed by atoms with van der Waals surface area (Å²) in [5.74, 6) is 2.52. The average molecular weight is 283 g/mol. The number of rotatable bonds is 6. The zero-order valence-electron chi connectivity index (χ0n) is 11.7. The van der Waals surface area contributed by atoms with E-state index in [9.17, 15) is 4.21 Å². The highest BCUT2D eigenvalue weighted by molar-refractivity contribution is 7.84. The van der Waals surface area contributed by atoms with E-state index < -0.39 is 10.8 Å². The van der Waals surface area contributed by atoms with Gasteiger partial charge in [0.1, 0.15) is 17.6 Å². The summed E-state index contributed by atoms with van der Waals surface area (Å²) in [6.07, 6.45) is 2.90. The highest BCUT2D eigenvalue weighted by Gasteiger charge is 2.21. The molecular weight excluding hydrogens is 262 g/mol. The van der Waals surface area contributed by atoms with Gasteiger partial charge in [-0.25, -0.2) is 0 Å². The molecule has 1 heterocycles. The predicted molar refractivity (Wildman–Crippen MR) is 77.4 cm³/mol. The van der Waals surface area contributed by atoms with Crippen molar-refractivity contribution in [3.8, 4) is 11.5 Å². The highest BCUT2D eigenvalue weighted by Crippen LogP contribution is 2.34. The molecule has 0 aliphatic carbocycles. The van der Waals surface area contributed by atoms with Crippen LogP contribution in [0.1, 0.15) is 18.1 Å². The van der Waals surface area contributed by atoms with Crippen LogP contribution in [0.5, 0.6) is 11.5 Å². The Bertz CT molecular complexity index is 476. The first-order valence-corrected chi connectivity index (χ1v) is 8.20. The van der Waals surface area contributed by atoms with Gasteiger partial charge < -0.3 is 14.8 Å². The Morgan fingerprint density at radius 3 is 3.00 bits per heavy atom. The predicted octanol–water partition coefficient (Wildman–Crippen LogP) is 1.49. The zero-order chi connectivity index (χ0) is 13.8. The minimum Gasteiger partial charge on any atom is -0.496 e. The van der Waals surface area contributed by atoms with Crippen molar-refractivity contribution in [1.29, 1.82) is 0 Å². The third-order valence-corrected chi connectivity index (χ3v) is 3.96. The van der Waals surface area contributed by atoms with E-state index in [1.807, 2.05) is 6.07 Å². The molecule has 1 N–H and O–H groups in total. The molecule has 1 aromatic carbocycles. The van der Waals surface area contributed by atoms with Crippen molar-refractivity contribution < 1.29 is 13.7 Å². The van der Waals surface area contributed by atoms with Crippen molar-refractivity contribution in [3.63, 3.8) is 0 Å². The monoisotopic (exact) mass is 283 g/mol. The third-order valence-electron chi connectivity index (χ3n) is 3.18. The van der Waals surface area contributed by atoms with Crippen molar-refractivity contribution in [1.82, 2.24) is 5.32 Å². The first-order valence-electron chi connectivity index (χ1n) is 6.47. The minimum atomic E-state index is -0.753. The smallest absolute Gasteiger partial charge is 0.123 e. The van der Waals surface area contributed by atoms with Crippen molar-refractivity contribution in [2.24, 2.45) is 0 Å². The van der Waals surface area contributed by atoms with Crippen LogP contribution in [-0.2, 0) is 23.8 Å². The van der Waals surface area contributed by atoms with Gasteiger partial charge in [0, 0.05) is 53.4 Å². The highest BCUT2D eigenvalue weighted by atomic mass is 32.2. The lowest BCUT2D eigenvalue weighted by molar-refractivity contribution is 0.254. The molecule has 1 aromatic rings. The molecule has 0 fully saturated rings. The van der Waals surface area contributed by atoms with Crippen LogP contribution in [0.25, 0.3) is 0 Å². The Hall–Kier alpha value is -1.07. The molecule has 0 radical (unpaired) electrons. The van der Waals surface area contributed by atoms with E-state index in [0.717, 1.165) is 30.0 Å². The van der Waals surface area contributed by atoms with Gasteiger partial charge in [0.25, 0.3) is 0 Å². The van der Waals surface area contributed by atoms with Crippen LogP contribution < -0.4 is 14.8 Å². The van der Waals surface area contributed by atoms with Crippen molar-refractivity contribution in [2.75, 3.05) is 25.7 Å². The largest absolute Gasteiger partial charge is 0.496 e. The molecule has 106 valence electrons. The molecule has 1 aliphatic heterocycles. The second kappa shape index (κ2) is 6.39. The molecular formula is C14H21NO3S. The first kappa shape index (κ1) is 14.3. The standard InChI is InChI=1S/C14H21NO3S/c1-10-6-11-7-13(17-2)12(8-14(11)18-10)9-15-4-5-19(3)16/h7-8,10,15H,4-6,9H2,1-3H3. The van der Waals surface area contributed by atoms with Crippen LogP contribution in [-0.4, -0.2) is 36.0 Å². The summed E-state index contributed by atoms with van der Waals surface area (Å²) in [5.41, 5.74) is 2.29. The normalized spacial score (nSPS) is 18.8. The summed E-state index contributed by atoms with van der Waals surface area (Å²) in [6, 6.07) is 4.11. The van der Waals surface area contributed by atoms with E-state index >= 15 is 0 Å². The fraction of sp³-hybridized carbons (Fsp3) is 0.571. The van der Waals surface area contributed by atoms with E-state index in [0.29, 0.717) is 12.3 Å². The van der Waals surface area contributed by atoms with Gasteiger partial charge in [-0.15, -0.1) is 0 Å². The van der Waals surface area contributed by atoms with Crippen molar-refractivity contribution in [3.05, 3.63) is 23.3 Å². The molecule has 0 saturated heterocycles. The summed E-state index contributed by atoms with van der Waals surface area (Å²) < 4.78 is 22.2. The van der Waals surface area contributed by atoms with Gasteiger partial charge in [-0.1, -0.05) is 0 Å². The van der Waals surface area contributed by atoms with Crippen LogP contribution in [0.4, 0.5) is 0 Å². The second-order valence-corrected chi connectivity index (χ2v) is 6.41. The second-order valence-electron chi connectivity index (χ2n) is 4.86. The van der Waals surface area contributed by atoms with E-state index in [2.05, 4.69) is 18.3 Å². The fourth-order valence-electron chi connectivity index (χ4n) is 2.25. The lowest BCUT2D eigenvalue weighted by atomic mass is 10.1. The lowest BCUT2D eigenvalue weighted by Crippen LogP contribution is -2.20. The summed E-state index contributed by atoms with van der Waals surface area (Å²) >= 11 is 0. The maximum absolute atomic E-state index is 11.0. The molecule has 0 saturated carbocycles. The summed E-state index contributed by atoms with van der Waals surface area (Å²) in [6.45, 7) is 3.51. The third kappa shape index (κ3) is 3.70. The van der Waals surface area contributed by atoms with Gasteiger partial charge in [0.2, 0.25) is 0 Å². The van der Waals surface area contributed by atoms with Crippen LogP contribution in [0.2, 0.25) is 0 Å². The van der Waals surface area contributed by atoms with E-state index in [1.54, 1.807) is 13.4 Å². The number of ether oxygens (including phenoxy) is 2. The van der Waals surface area contributed by atoms with Crippen molar-refractivity contribution in [2.45, 2.75) is 26.0 Å². The Morgan fingerprint density at radius 2 is 2.32 bits per heavy atom. The molecule has 0 aromatic heterocycles. The van der Waals surface area contributed by atoms with Gasteiger partial charge in [0.15, 0.2) is 0 Å². The van der Waals surface area contributed by atoms with Gasteiger partial charge in [0.05, 0.1) is 7.11 Å². The topological polar surface area (TPSA) is 47.6 Å². The Kier molecular flexibility index (Phi) is 4.82. The van der Waals surface area contributed by atoms with E-state index in [-0.39, 0.29) is 6.10 Å². The number of methoxy groups -OCH3 is 1. The number of fused-ring (bicyclic) bond motifs is 1. The minimum absolute atomic E-state index is 0.241. The van der Waals surface area contributed by atoms with Gasteiger partial charge in [-0.05, 0) is 19.1 Å². The van der Waals surface area contributed by atoms with E-state index in [1.165, 1.54) is 5.56 Å². The number of nitrogens with one attached hydrogen (secondary N) is 1. The Morgan fingerprint density at radius 1 is 1.53 bits per heavy atom. The van der Waals surface area contributed by atoms with Crippen LogP contribution in [0.3, 0.4) is 0 Å². The fourth-order valence-corrected chi connectivity index (χ4v) is 2.68. The SMILES string of the molecule is COc1cc2c(cc1CNCCS(C)=O)OC(C)C2. The molecule has 4 nitrogen and oxygen atoms in total. The maximum Gasteiger partial charge on any atom is 0.123 e. The molecule has 2 atom stereocenters.